The minimum Gasteiger partial charge on any atom is -0.326 e. The Morgan fingerprint density at radius 3 is 2.18 bits per heavy atom. The molecule has 0 radical (unpaired) electrons. The molecule has 0 aliphatic heterocycles. The maximum Gasteiger partial charge on any atom is 0.269 e. The minimum atomic E-state index is -3.90. The highest BCUT2D eigenvalue weighted by atomic mass is 32.2. The molecule has 1 fully saturated rings. The van der Waals surface area contributed by atoms with Crippen LogP contribution in [0.2, 0.25) is 0 Å². The molecular weight excluding hydrogens is 166 g/mol. The summed E-state index contributed by atoms with van der Waals surface area (Å²) in [4.78, 5) is 0. The van der Waals surface area contributed by atoms with E-state index in [1.165, 1.54) is 0 Å². The van der Waals surface area contributed by atoms with Crippen LogP contribution in [0.15, 0.2) is 0 Å². The molecule has 4 nitrogen and oxygen atoms in total. The predicted octanol–water partition coefficient (Wildman–Crippen LogP) is 0.144. The van der Waals surface area contributed by atoms with E-state index in [-0.39, 0.29) is 6.04 Å². The second-order valence-corrected chi connectivity index (χ2v) is 4.64. The lowest BCUT2D eigenvalue weighted by molar-refractivity contribution is 0.395. The van der Waals surface area contributed by atoms with Gasteiger partial charge in [-0.25, -0.2) is 0 Å². The largest absolute Gasteiger partial charge is 0.326 e. The Hall–Kier alpha value is -0.130. The van der Waals surface area contributed by atoms with Crippen molar-refractivity contribution in [1.29, 1.82) is 0 Å². The van der Waals surface area contributed by atoms with Gasteiger partial charge in [-0.05, 0) is 12.8 Å². The van der Waals surface area contributed by atoms with Gasteiger partial charge in [-0.3, -0.25) is 4.55 Å². The molecule has 66 valence electrons. The van der Waals surface area contributed by atoms with Gasteiger partial charge in [0, 0.05) is 6.04 Å². The smallest absolute Gasteiger partial charge is 0.269 e. The molecule has 1 rings (SSSR count). The molecule has 11 heavy (non-hydrogen) atoms. The van der Waals surface area contributed by atoms with Crippen LogP contribution in [0.4, 0.5) is 0 Å². The van der Waals surface area contributed by atoms with Gasteiger partial charge in [-0.1, -0.05) is 12.8 Å². The van der Waals surface area contributed by atoms with Crippen LogP contribution in [0, 0.1) is 0 Å². The van der Waals surface area contributed by atoms with Crippen molar-refractivity contribution in [2.75, 3.05) is 0 Å². The maximum absolute atomic E-state index is 10.7. The number of nitrogens with two attached hydrogens (primary N) is 1. The summed E-state index contributed by atoms with van der Waals surface area (Å²) in [6.45, 7) is 0. The van der Waals surface area contributed by atoms with Gasteiger partial charge in [0.15, 0.2) is 0 Å². The van der Waals surface area contributed by atoms with Crippen LogP contribution in [0.25, 0.3) is 0 Å². The molecule has 2 atom stereocenters. The van der Waals surface area contributed by atoms with Crippen molar-refractivity contribution in [3.8, 4) is 0 Å². The van der Waals surface area contributed by atoms with Crippen molar-refractivity contribution >= 4 is 10.1 Å². The van der Waals surface area contributed by atoms with E-state index in [9.17, 15) is 8.42 Å². The molecule has 0 aromatic rings. The Kier molecular flexibility index (Phi) is 2.51. The van der Waals surface area contributed by atoms with Crippen molar-refractivity contribution < 1.29 is 13.0 Å². The quantitative estimate of drug-likeness (QED) is 0.561. The summed E-state index contributed by atoms with van der Waals surface area (Å²) in [5.41, 5.74) is 5.53. The first-order chi connectivity index (χ1) is 5.02. The first-order valence-electron chi connectivity index (χ1n) is 3.73. The highest BCUT2D eigenvalue weighted by Crippen LogP contribution is 2.21. The summed E-state index contributed by atoms with van der Waals surface area (Å²) in [6, 6.07) is -0.376. The Balaban J connectivity index is 2.70. The number of hydrogen-bond acceptors (Lipinski definition) is 3. The van der Waals surface area contributed by atoms with Gasteiger partial charge in [-0.2, -0.15) is 8.42 Å². The normalized spacial score (nSPS) is 33.6. The van der Waals surface area contributed by atoms with Crippen molar-refractivity contribution in [2.24, 2.45) is 5.73 Å². The molecule has 3 N–H and O–H groups in total. The minimum absolute atomic E-state index is 0.376. The fourth-order valence-electron chi connectivity index (χ4n) is 1.50. The SMILES string of the molecule is NC1CCCCC1S(=O)(=O)O. The third kappa shape index (κ3) is 2.15. The van der Waals surface area contributed by atoms with Gasteiger partial charge < -0.3 is 5.73 Å². The molecule has 0 aromatic heterocycles. The van der Waals surface area contributed by atoms with Crippen LogP contribution in [0.1, 0.15) is 25.7 Å². The van der Waals surface area contributed by atoms with Crippen LogP contribution in [0.5, 0.6) is 0 Å². The predicted molar refractivity (Wildman–Crippen MR) is 41.8 cm³/mol. The van der Waals surface area contributed by atoms with Crippen molar-refractivity contribution in [2.45, 2.75) is 37.0 Å². The van der Waals surface area contributed by atoms with Crippen molar-refractivity contribution in [3.63, 3.8) is 0 Å². The fraction of sp³-hybridized carbons (Fsp3) is 1.00. The first-order valence-corrected chi connectivity index (χ1v) is 5.24. The van der Waals surface area contributed by atoms with E-state index in [0.29, 0.717) is 12.8 Å². The molecule has 0 aromatic carbocycles. The second-order valence-electron chi connectivity index (χ2n) is 3.00. The van der Waals surface area contributed by atoms with Gasteiger partial charge >= 0.3 is 0 Å². The molecule has 1 aliphatic carbocycles. The zero-order chi connectivity index (χ0) is 8.48. The van der Waals surface area contributed by atoms with Crippen LogP contribution in [-0.2, 0) is 10.1 Å². The third-order valence-electron chi connectivity index (χ3n) is 2.14. The van der Waals surface area contributed by atoms with Gasteiger partial charge in [-0.15, -0.1) is 0 Å². The molecule has 0 spiro atoms. The molecule has 2 unspecified atom stereocenters. The van der Waals surface area contributed by atoms with Gasteiger partial charge in [0.05, 0.1) is 0 Å². The van der Waals surface area contributed by atoms with E-state index < -0.39 is 15.4 Å². The highest BCUT2D eigenvalue weighted by molar-refractivity contribution is 7.86. The molecule has 1 saturated carbocycles. The monoisotopic (exact) mass is 179 g/mol. The summed E-state index contributed by atoms with van der Waals surface area (Å²) < 4.78 is 30.0. The highest BCUT2D eigenvalue weighted by Gasteiger charge is 2.31. The van der Waals surface area contributed by atoms with E-state index in [4.69, 9.17) is 10.3 Å². The van der Waals surface area contributed by atoms with Gasteiger partial charge in [0.1, 0.15) is 5.25 Å². The Morgan fingerprint density at radius 1 is 1.27 bits per heavy atom. The molecule has 5 heteroatoms. The lowest BCUT2D eigenvalue weighted by Crippen LogP contribution is -2.42. The fourth-order valence-corrected chi connectivity index (χ4v) is 2.54. The van der Waals surface area contributed by atoms with Crippen molar-refractivity contribution in [3.05, 3.63) is 0 Å². The van der Waals surface area contributed by atoms with E-state index in [2.05, 4.69) is 0 Å². The molecular formula is C6H13NO3S. The second kappa shape index (κ2) is 3.08. The summed E-state index contributed by atoms with van der Waals surface area (Å²) in [5.74, 6) is 0. The van der Waals surface area contributed by atoms with E-state index in [1.807, 2.05) is 0 Å². The zero-order valence-corrected chi connectivity index (χ0v) is 7.05. The zero-order valence-electron chi connectivity index (χ0n) is 6.23. The number of hydrogen-bond donors (Lipinski definition) is 2. The van der Waals surface area contributed by atoms with Crippen LogP contribution < -0.4 is 5.73 Å². The third-order valence-corrected chi connectivity index (χ3v) is 3.49. The lowest BCUT2D eigenvalue weighted by atomic mass is 9.96. The average molecular weight is 179 g/mol. The summed E-state index contributed by atoms with van der Waals surface area (Å²) in [5, 5.41) is -0.726. The maximum atomic E-state index is 10.7. The Bertz CT molecular complexity index is 224. The van der Waals surface area contributed by atoms with Crippen molar-refractivity contribution in [1.82, 2.24) is 0 Å². The summed E-state index contributed by atoms with van der Waals surface area (Å²) in [7, 11) is -3.90. The Morgan fingerprint density at radius 2 is 1.82 bits per heavy atom. The molecule has 1 aliphatic rings. The lowest BCUT2D eigenvalue weighted by Gasteiger charge is -2.25. The molecule has 0 bridgehead atoms. The standard InChI is InChI=1S/C6H13NO3S/c7-5-3-1-2-4-6(5)11(8,9)10/h5-6H,1-4,7H2,(H,8,9,10). The summed E-state index contributed by atoms with van der Waals surface area (Å²) in [6.07, 6.45) is 3.01. The van der Waals surface area contributed by atoms with E-state index in [0.717, 1.165) is 12.8 Å². The molecule has 0 saturated heterocycles. The van der Waals surface area contributed by atoms with Crippen LogP contribution in [-0.4, -0.2) is 24.3 Å². The van der Waals surface area contributed by atoms with Crippen LogP contribution in [0.3, 0.4) is 0 Å². The number of rotatable bonds is 1. The topological polar surface area (TPSA) is 80.4 Å². The van der Waals surface area contributed by atoms with Crippen LogP contribution >= 0.6 is 0 Å². The van der Waals surface area contributed by atoms with E-state index in [1.54, 1.807) is 0 Å². The average Bonchev–Trinajstić information content (AvgIpc) is 1.86. The van der Waals surface area contributed by atoms with Gasteiger partial charge in [0.25, 0.3) is 10.1 Å². The molecule has 0 amide bonds. The molecule has 0 heterocycles. The summed E-state index contributed by atoms with van der Waals surface area (Å²) >= 11 is 0. The van der Waals surface area contributed by atoms with Gasteiger partial charge in [0.2, 0.25) is 0 Å². The van der Waals surface area contributed by atoms with E-state index >= 15 is 0 Å². The Labute approximate surface area is 66.5 Å². The first kappa shape index (κ1) is 8.96.